The van der Waals surface area contributed by atoms with Crippen LogP contribution in [-0.4, -0.2) is 18.6 Å². The largest absolute Gasteiger partial charge is 0.493 e. The minimum absolute atomic E-state index is 0.372. The summed E-state index contributed by atoms with van der Waals surface area (Å²) in [5.41, 5.74) is 7.47. The normalized spacial score (nSPS) is 10.6. The lowest BCUT2D eigenvalue weighted by atomic mass is 10.1. The molecule has 0 amide bonds. The number of ether oxygens (including phenoxy) is 2. The molecule has 1 aromatic heterocycles. The molecule has 108 valence electrons. The van der Waals surface area contributed by atoms with Crippen molar-refractivity contribution in [3.8, 4) is 11.5 Å². The van der Waals surface area contributed by atoms with E-state index in [0.717, 1.165) is 22.7 Å². The predicted octanol–water partition coefficient (Wildman–Crippen LogP) is 3.19. The molecule has 1 heterocycles. The van der Waals surface area contributed by atoms with Gasteiger partial charge < -0.3 is 15.2 Å². The van der Waals surface area contributed by atoms with E-state index in [0.29, 0.717) is 29.7 Å². The van der Waals surface area contributed by atoms with Gasteiger partial charge in [-0.15, -0.1) is 11.3 Å². The van der Waals surface area contributed by atoms with E-state index in [4.69, 9.17) is 26.8 Å². The van der Waals surface area contributed by atoms with Crippen molar-refractivity contribution in [1.29, 1.82) is 0 Å². The van der Waals surface area contributed by atoms with Gasteiger partial charge in [-0.05, 0) is 37.6 Å². The first kappa shape index (κ1) is 15.1. The van der Waals surface area contributed by atoms with Crippen molar-refractivity contribution in [2.75, 3.05) is 13.7 Å². The number of hydrogen-bond acceptors (Lipinski definition) is 5. The minimum atomic E-state index is 0.372. The highest BCUT2D eigenvalue weighted by Crippen LogP contribution is 2.37. The van der Waals surface area contributed by atoms with Gasteiger partial charge in [0.15, 0.2) is 11.5 Å². The molecule has 0 spiro atoms. The second-order valence-corrected chi connectivity index (χ2v) is 5.76. The molecule has 0 radical (unpaired) electrons. The van der Waals surface area contributed by atoms with Crippen molar-refractivity contribution >= 4 is 22.9 Å². The molecule has 0 saturated heterocycles. The van der Waals surface area contributed by atoms with Crippen molar-refractivity contribution in [2.45, 2.75) is 20.0 Å². The second kappa shape index (κ2) is 6.92. The van der Waals surface area contributed by atoms with Gasteiger partial charge in [-0.2, -0.15) is 0 Å². The molecule has 6 heteroatoms. The standard InChI is InChI=1S/C14H17ClN2O2S/c1-9-17-11(8-20-9)7-19-14-12(15)5-10(3-4-16)6-13(14)18-2/h5-6,8H,3-4,7,16H2,1-2H3. The number of aromatic nitrogens is 1. The van der Waals surface area contributed by atoms with Gasteiger partial charge in [-0.25, -0.2) is 4.98 Å². The third-order valence-electron chi connectivity index (χ3n) is 2.75. The Balaban J connectivity index is 2.17. The molecule has 20 heavy (non-hydrogen) atoms. The summed E-state index contributed by atoms with van der Waals surface area (Å²) >= 11 is 7.85. The molecular weight excluding hydrogens is 296 g/mol. The van der Waals surface area contributed by atoms with E-state index in [1.54, 1.807) is 18.4 Å². The van der Waals surface area contributed by atoms with Gasteiger partial charge in [0.2, 0.25) is 0 Å². The zero-order chi connectivity index (χ0) is 14.5. The number of nitrogens with zero attached hydrogens (tertiary/aromatic N) is 1. The summed E-state index contributed by atoms with van der Waals surface area (Å²) in [5, 5.41) is 3.51. The highest BCUT2D eigenvalue weighted by molar-refractivity contribution is 7.09. The van der Waals surface area contributed by atoms with Crippen LogP contribution in [0.15, 0.2) is 17.5 Å². The smallest absolute Gasteiger partial charge is 0.180 e. The quantitative estimate of drug-likeness (QED) is 0.890. The molecule has 0 aliphatic rings. The van der Waals surface area contributed by atoms with Gasteiger partial charge in [0.1, 0.15) is 6.61 Å². The van der Waals surface area contributed by atoms with Crippen LogP contribution in [0.2, 0.25) is 5.02 Å². The molecule has 0 aliphatic heterocycles. The third kappa shape index (κ3) is 3.62. The van der Waals surface area contributed by atoms with Gasteiger partial charge >= 0.3 is 0 Å². The number of rotatable bonds is 6. The number of nitrogens with two attached hydrogens (primary N) is 1. The first-order valence-corrected chi connectivity index (χ1v) is 7.50. The van der Waals surface area contributed by atoms with Crippen molar-refractivity contribution in [2.24, 2.45) is 5.73 Å². The Bertz CT molecular complexity index is 587. The van der Waals surface area contributed by atoms with Crippen molar-refractivity contribution in [3.63, 3.8) is 0 Å². The number of thiazole rings is 1. The number of methoxy groups -OCH3 is 1. The van der Waals surface area contributed by atoms with E-state index in [-0.39, 0.29) is 0 Å². The summed E-state index contributed by atoms with van der Waals surface area (Å²) in [5.74, 6) is 1.16. The molecule has 0 aliphatic carbocycles. The van der Waals surface area contributed by atoms with E-state index in [1.807, 2.05) is 24.4 Å². The molecule has 4 nitrogen and oxygen atoms in total. The summed E-state index contributed by atoms with van der Waals surface area (Å²) in [6, 6.07) is 3.76. The SMILES string of the molecule is COc1cc(CCN)cc(Cl)c1OCc1csc(C)n1. The van der Waals surface area contributed by atoms with Crippen LogP contribution in [0.4, 0.5) is 0 Å². The topological polar surface area (TPSA) is 57.4 Å². The van der Waals surface area contributed by atoms with Crippen LogP contribution in [0, 0.1) is 6.92 Å². The predicted molar refractivity (Wildman–Crippen MR) is 81.9 cm³/mol. The van der Waals surface area contributed by atoms with E-state index in [1.165, 1.54) is 0 Å². The Kier molecular flexibility index (Phi) is 5.23. The maximum absolute atomic E-state index is 6.26. The van der Waals surface area contributed by atoms with E-state index >= 15 is 0 Å². The van der Waals surface area contributed by atoms with Gasteiger partial charge in [0.05, 0.1) is 22.8 Å². The highest BCUT2D eigenvalue weighted by Gasteiger charge is 2.12. The molecule has 2 rings (SSSR count). The van der Waals surface area contributed by atoms with E-state index < -0.39 is 0 Å². The van der Waals surface area contributed by atoms with Gasteiger partial charge in [-0.3, -0.25) is 0 Å². The van der Waals surface area contributed by atoms with Crippen LogP contribution in [-0.2, 0) is 13.0 Å². The van der Waals surface area contributed by atoms with E-state index in [9.17, 15) is 0 Å². The molecular formula is C14H17ClN2O2S. The maximum Gasteiger partial charge on any atom is 0.180 e. The molecule has 1 aromatic carbocycles. The summed E-state index contributed by atoms with van der Waals surface area (Å²) in [6.45, 7) is 2.90. The lowest BCUT2D eigenvalue weighted by Gasteiger charge is -2.13. The van der Waals surface area contributed by atoms with Crippen molar-refractivity contribution < 1.29 is 9.47 Å². The van der Waals surface area contributed by atoms with Gasteiger partial charge in [0, 0.05) is 5.38 Å². The van der Waals surface area contributed by atoms with Crippen molar-refractivity contribution in [3.05, 3.63) is 38.8 Å². The number of halogens is 1. The summed E-state index contributed by atoms with van der Waals surface area (Å²) in [7, 11) is 1.59. The third-order valence-corrected chi connectivity index (χ3v) is 3.86. The summed E-state index contributed by atoms with van der Waals surface area (Å²) in [6.07, 6.45) is 0.752. The second-order valence-electron chi connectivity index (χ2n) is 4.29. The first-order valence-electron chi connectivity index (χ1n) is 6.24. The molecule has 0 atom stereocenters. The monoisotopic (exact) mass is 312 g/mol. The van der Waals surface area contributed by atoms with Crippen LogP contribution < -0.4 is 15.2 Å². The first-order chi connectivity index (χ1) is 9.63. The Morgan fingerprint density at radius 1 is 1.40 bits per heavy atom. The fourth-order valence-electron chi connectivity index (χ4n) is 1.84. The fraction of sp³-hybridized carbons (Fsp3) is 0.357. The summed E-state index contributed by atoms with van der Waals surface area (Å²) < 4.78 is 11.1. The zero-order valence-corrected chi connectivity index (χ0v) is 13.1. The molecule has 0 saturated carbocycles. The van der Waals surface area contributed by atoms with Gasteiger partial charge in [-0.1, -0.05) is 11.6 Å². The van der Waals surface area contributed by atoms with Crippen LogP contribution in [0.3, 0.4) is 0 Å². The van der Waals surface area contributed by atoms with Crippen LogP contribution >= 0.6 is 22.9 Å². The highest BCUT2D eigenvalue weighted by atomic mass is 35.5. The van der Waals surface area contributed by atoms with Crippen LogP contribution in [0.5, 0.6) is 11.5 Å². The van der Waals surface area contributed by atoms with Crippen LogP contribution in [0.1, 0.15) is 16.3 Å². The Labute approximate surface area is 127 Å². The van der Waals surface area contributed by atoms with Gasteiger partial charge in [0.25, 0.3) is 0 Å². The molecule has 2 aromatic rings. The van der Waals surface area contributed by atoms with Crippen molar-refractivity contribution in [1.82, 2.24) is 4.98 Å². The molecule has 0 fully saturated rings. The fourth-order valence-corrected chi connectivity index (χ4v) is 2.73. The maximum atomic E-state index is 6.26. The molecule has 2 N–H and O–H groups in total. The average molecular weight is 313 g/mol. The Morgan fingerprint density at radius 3 is 2.80 bits per heavy atom. The number of benzene rings is 1. The number of aryl methyl sites for hydroxylation is 1. The average Bonchev–Trinajstić information content (AvgIpc) is 2.83. The lowest BCUT2D eigenvalue weighted by molar-refractivity contribution is 0.281. The molecule has 0 unspecified atom stereocenters. The van der Waals surface area contributed by atoms with Crippen LogP contribution in [0.25, 0.3) is 0 Å². The van der Waals surface area contributed by atoms with E-state index in [2.05, 4.69) is 4.98 Å². The molecule has 0 bridgehead atoms. The Morgan fingerprint density at radius 2 is 2.20 bits per heavy atom. The zero-order valence-electron chi connectivity index (χ0n) is 11.5. The lowest BCUT2D eigenvalue weighted by Crippen LogP contribution is -2.04. The minimum Gasteiger partial charge on any atom is -0.493 e. The Hall–Kier alpha value is -1.30. The summed E-state index contributed by atoms with van der Waals surface area (Å²) in [4.78, 5) is 4.35. The number of hydrogen-bond donors (Lipinski definition) is 1.